The van der Waals surface area contributed by atoms with Gasteiger partial charge in [0.2, 0.25) is 0 Å². The number of nitrogens with zero attached hydrogens (tertiary/aromatic N) is 1. The molecule has 2 heteroatoms. The highest BCUT2D eigenvalue weighted by atomic mass is 15.2. The standard InChI is InChI=1S/C14H28N2/c1-3-15-9-8-12(2)16(10-13-4-5-13)11-14-6-7-14/h12-15H,3-11H2,1-2H3. The van der Waals surface area contributed by atoms with Crippen LogP contribution in [0.4, 0.5) is 0 Å². The van der Waals surface area contributed by atoms with E-state index in [1.54, 1.807) is 0 Å². The van der Waals surface area contributed by atoms with E-state index in [1.807, 2.05) is 0 Å². The van der Waals surface area contributed by atoms with Gasteiger partial charge in [-0.3, -0.25) is 0 Å². The van der Waals surface area contributed by atoms with E-state index in [-0.39, 0.29) is 0 Å². The molecule has 2 nitrogen and oxygen atoms in total. The van der Waals surface area contributed by atoms with Gasteiger partial charge < -0.3 is 10.2 Å². The fraction of sp³-hybridized carbons (Fsp3) is 1.00. The van der Waals surface area contributed by atoms with E-state index in [2.05, 4.69) is 24.1 Å². The van der Waals surface area contributed by atoms with Crippen LogP contribution >= 0.6 is 0 Å². The van der Waals surface area contributed by atoms with Crippen LogP contribution in [0.15, 0.2) is 0 Å². The normalized spacial score (nSPS) is 22.7. The Bertz CT molecular complexity index is 183. The molecule has 1 N–H and O–H groups in total. The van der Waals surface area contributed by atoms with Gasteiger partial charge in [0.25, 0.3) is 0 Å². The summed E-state index contributed by atoms with van der Waals surface area (Å²) in [4.78, 5) is 2.77. The molecule has 1 unspecified atom stereocenters. The summed E-state index contributed by atoms with van der Waals surface area (Å²) in [5, 5.41) is 3.45. The van der Waals surface area contributed by atoms with Crippen LogP contribution < -0.4 is 5.32 Å². The van der Waals surface area contributed by atoms with Crippen LogP contribution in [0, 0.1) is 11.8 Å². The van der Waals surface area contributed by atoms with Crippen LogP contribution in [-0.2, 0) is 0 Å². The second kappa shape index (κ2) is 6.02. The summed E-state index contributed by atoms with van der Waals surface area (Å²) in [5.74, 6) is 2.08. The second-order valence-corrected chi connectivity index (χ2v) is 5.83. The van der Waals surface area contributed by atoms with Gasteiger partial charge in [0.15, 0.2) is 0 Å². The summed E-state index contributed by atoms with van der Waals surface area (Å²) in [5.41, 5.74) is 0. The first-order chi connectivity index (χ1) is 7.79. The third-order valence-corrected chi connectivity index (χ3v) is 3.99. The lowest BCUT2D eigenvalue weighted by Crippen LogP contribution is -2.38. The summed E-state index contributed by atoms with van der Waals surface area (Å²) in [6.45, 7) is 9.66. The first-order valence-corrected chi connectivity index (χ1v) is 7.24. The zero-order valence-electron chi connectivity index (χ0n) is 11.0. The van der Waals surface area contributed by atoms with Crippen LogP contribution in [0.2, 0.25) is 0 Å². The minimum absolute atomic E-state index is 0.778. The molecule has 2 fully saturated rings. The van der Waals surface area contributed by atoms with Crippen molar-refractivity contribution in [2.75, 3.05) is 26.2 Å². The topological polar surface area (TPSA) is 15.3 Å². The van der Waals surface area contributed by atoms with E-state index >= 15 is 0 Å². The molecule has 2 aliphatic carbocycles. The van der Waals surface area contributed by atoms with Gasteiger partial charge in [0.1, 0.15) is 0 Å². The molecule has 16 heavy (non-hydrogen) atoms. The Hall–Kier alpha value is -0.0800. The van der Waals surface area contributed by atoms with Crippen molar-refractivity contribution in [1.82, 2.24) is 10.2 Å². The Morgan fingerprint density at radius 3 is 2.12 bits per heavy atom. The van der Waals surface area contributed by atoms with E-state index in [1.165, 1.54) is 51.7 Å². The zero-order valence-corrected chi connectivity index (χ0v) is 11.0. The summed E-state index contributed by atoms with van der Waals surface area (Å²) in [6, 6.07) is 0.778. The van der Waals surface area contributed by atoms with Crippen molar-refractivity contribution >= 4 is 0 Å². The lowest BCUT2D eigenvalue weighted by molar-refractivity contribution is 0.183. The molecule has 0 aliphatic heterocycles. The molecule has 94 valence electrons. The number of hydrogen-bond acceptors (Lipinski definition) is 2. The van der Waals surface area contributed by atoms with Gasteiger partial charge in [0.05, 0.1) is 0 Å². The summed E-state index contributed by atoms with van der Waals surface area (Å²) in [6.07, 6.45) is 7.26. The molecule has 0 radical (unpaired) electrons. The third kappa shape index (κ3) is 4.42. The van der Waals surface area contributed by atoms with Gasteiger partial charge in [-0.25, -0.2) is 0 Å². The zero-order chi connectivity index (χ0) is 11.4. The molecule has 2 rings (SSSR count). The number of hydrogen-bond donors (Lipinski definition) is 1. The Morgan fingerprint density at radius 1 is 1.12 bits per heavy atom. The highest BCUT2D eigenvalue weighted by Crippen LogP contribution is 2.34. The maximum absolute atomic E-state index is 3.45. The van der Waals surface area contributed by atoms with Gasteiger partial charge in [0, 0.05) is 19.1 Å². The molecular formula is C14H28N2. The van der Waals surface area contributed by atoms with E-state index in [0.717, 1.165) is 24.4 Å². The van der Waals surface area contributed by atoms with Crippen molar-refractivity contribution in [3.05, 3.63) is 0 Å². The summed E-state index contributed by atoms with van der Waals surface area (Å²) < 4.78 is 0. The van der Waals surface area contributed by atoms with Crippen LogP contribution in [0.3, 0.4) is 0 Å². The molecule has 0 aromatic heterocycles. The highest BCUT2D eigenvalue weighted by molar-refractivity contribution is 4.84. The average molecular weight is 224 g/mol. The molecular weight excluding hydrogens is 196 g/mol. The fourth-order valence-corrected chi connectivity index (χ4v) is 2.37. The molecule has 2 aliphatic rings. The van der Waals surface area contributed by atoms with Crippen molar-refractivity contribution in [1.29, 1.82) is 0 Å². The minimum atomic E-state index is 0.778. The number of nitrogens with one attached hydrogen (secondary N) is 1. The molecule has 2 saturated carbocycles. The van der Waals surface area contributed by atoms with E-state index < -0.39 is 0 Å². The lowest BCUT2D eigenvalue weighted by atomic mass is 10.1. The predicted molar refractivity (Wildman–Crippen MR) is 69.6 cm³/mol. The SMILES string of the molecule is CCNCCC(C)N(CC1CC1)CC1CC1. The maximum Gasteiger partial charge on any atom is 0.00792 e. The third-order valence-electron chi connectivity index (χ3n) is 3.99. The first kappa shape index (κ1) is 12.4. The lowest BCUT2D eigenvalue weighted by Gasteiger charge is -2.29. The molecule has 0 aromatic rings. The Labute approximate surface area is 101 Å². The fourth-order valence-electron chi connectivity index (χ4n) is 2.37. The van der Waals surface area contributed by atoms with Crippen molar-refractivity contribution in [3.8, 4) is 0 Å². The molecule has 0 saturated heterocycles. The average Bonchev–Trinajstić information content (AvgIpc) is 3.11. The summed E-state index contributed by atoms with van der Waals surface area (Å²) >= 11 is 0. The van der Waals surface area contributed by atoms with E-state index in [4.69, 9.17) is 0 Å². The molecule has 1 atom stereocenters. The van der Waals surface area contributed by atoms with Crippen LogP contribution in [0.1, 0.15) is 46.0 Å². The van der Waals surface area contributed by atoms with Gasteiger partial charge in [-0.2, -0.15) is 0 Å². The smallest absolute Gasteiger partial charge is 0.00792 e. The molecule has 0 bridgehead atoms. The van der Waals surface area contributed by atoms with Gasteiger partial charge >= 0.3 is 0 Å². The Kier molecular flexibility index (Phi) is 4.66. The predicted octanol–water partition coefficient (Wildman–Crippen LogP) is 2.50. The number of rotatable bonds is 9. The van der Waals surface area contributed by atoms with Crippen molar-refractivity contribution in [2.24, 2.45) is 11.8 Å². The molecule has 0 heterocycles. The second-order valence-electron chi connectivity index (χ2n) is 5.83. The van der Waals surface area contributed by atoms with Crippen molar-refractivity contribution in [2.45, 2.75) is 52.0 Å². The minimum Gasteiger partial charge on any atom is -0.317 e. The van der Waals surface area contributed by atoms with Crippen molar-refractivity contribution in [3.63, 3.8) is 0 Å². The quantitative estimate of drug-likeness (QED) is 0.605. The highest BCUT2D eigenvalue weighted by Gasteiger charge is 2.30. The van der Waals surface area contributed by atoms with Crippen LogP contribution in [0.5, 0.6) is 0 Å². The molecule has 0 spiro atoms. The van der Waals surface area contributed by atoms with E-state index in [0.29, 0.717) is 0 Å². The van der Waals surface area contributed by atoms with Gasteiger partial charge in [-0.1, -0.05) is 6.92 Å². The maximum atomic E-state index is 3.45. The molecule has 0 aromatic carbocycles. The monoisotopic (exact) mass is 224 g/mol. The van der Waals surface area contributed by atoms with Gasteiger partial charge in [-0.05, 0) is 64.0 Å². The summed E-state index contributed by atoms with van der Waals surface area (Å²) in [7, 11) is 0. The van der Waals surface area contributed by atoms with Crippen LogP contribution in [0.25, 0.3) is 0 Å². The van der Waals surface area contributed by atoms with Crippen molar-refractivity contribution < 1.29 is 0 Å². The van der Waals surface area contributed by atoms with Gasteiger partial charge in [-0.15, -0.1) is 0 Å². The Morgan fingerprint density at radius 2 is 1.69 bits per heavy atom. The first-order valence-electron chi connectivity index (χ1n) is 7.24. The largest absolute Gasteiger partial charge is 0.317 e. The Balaban J connectivity index is 1.68. The molecule has 0 amide bonds. The van der Waals surface area contributed by atoms with Crippen LogP contribution in [-0.4, -0.2) is 37.1 Å². The van der Waals surface area contributed by atoms with E-state index in [9.17, 15) is 0 Å².